The number of thioether (sulfide) groups is 1. The fourth-order valence-corrected chi connectivity index (χ4v) is 2.35. The van der Waals surface area contributed by atoms with E-state index < -0.39 is 4.92 Å². The molecule has 0 aliphatic heterocycles. The van der Waals surface area contributed by atoms with Gasteiger partial charge in [0.25, 0.3) is 5.69 Å². The molecular formula is C12H13N5O2S. The van der Waals surface area contributed by atoms with Crippen LogP contribution in [0.5, 0.6) is 0 Å². The van der Waals surface area contributed by atoms with Gasteiger partial charge in [-0.25, -0.2) is 4.98 Å². The predicted octanol–water partition coefficient (Wildman–Crippen LogP) is 2.45. The van der Waals surface area contributed by atoms with Crippen LogP contribution in [0.4, 0.5) is 11.5 Å². The highest BCUT2D eigenvalue weighted by molar-refractivity contribution is 7.99. The van der Waals surface area contributed by atoms with Crippen molar-refractivity contribution in [2.75, 3.05) is 11.5 Å². The molecule has 0 atom stereocenters. The largest absolute Gasteiger partial charge is 0.380 e. The van der Waals surface area contributed by atoms with Crippen molar-refractivity contribution in [3.8, 4) is 11.4 Å². The lowest BCUT2D eigenvalue weighted by molar-refractivity contribution is -0.385. The van der Waals surface area contributed by atoms with Crippen LogP contribution in [0.2, 0.25) is 0 Å². The fourth-order valence-electron chi connectivity index (χ4n) is 1.74. The molecule has 104 valence electrons. The van der Waals surface area contributed by atoms with Crippen molar-refractivity contribution in [1.29, 1.82) is 0 Å². The summed E-state index contributed by atoms with van der Waals surface area (Å²) in [6, 6.07) is 4.79. The number of nitrogen functional groups attached to an aromatic ring is 1. The summed E-state index contributed by atoms with van der Waals surface area (Å²) in [6.45, 7) is 3.64. The molecule has 7 nitrogen and oxygen atoms in total. The zero-order valence-electron chi connectivity index (χ0n) is 11.0. The first-order valence-electron chi connectivity index (χ1n) is 5.92. The maximum absolute atomic E-state index is 11.0. The summed E-state index contributed by atoms with van der Waals surface area (Å²) >= 11 is 1.45. The van der Waals surface area contributed by atoms with Gasteiger partial charge in [0, 0.05) is 17.2 Å². The smallest absolute Gasteiger partial charge is 0.273 e. The minimum absolute atomic E-state index is 0.0348. The van der Waals surface area contributed by atoms with Crippen molar-refractivity contribution in [3.05, 3.63) is 33.9 Å². The molecular weight excluding hydrogens is 278 g/mol. The van der Waals surface area contributed by atoms with Gasteiger partial charge < -0.3 is 5.73 Å². The van der Waals surface area contributed by atoms with Crippen LogP contribution in [-0.2, 0) is 0 Å². The van der Waals surface area contributed by atoms with Crippen LogP contribution in [0.3, 0.4) is 0 Å². The molecule has 0 fully saturated rings. The molecule has 0 saturated carbocycles. The van der Waals surface area contributed by atoms with E-state index in [-0.39, 0.29) is 11.5 Å². The average Bonchev–Trinajstić information content (AvgIpc) is 2.41. The number of rotatable bonds is 4. The highest BCUT2D eigenvalue weighted by atomic mass is 32.2. The lowest BCUT2D eigenvalue weighted by Crippen LogP contribution is -2.03. The van der Waals surface area contributed by atoms with Gasteiger partial charge in [-0.15, -0.1) is 22.0 Å². The number of benzene rings is 1. The number of hydrogen-bond donors (Lipinski definition) is 1. The number of nitrogens with zero attached hydrogens (tertiary/aromatic N) is 4. The molecule has 0 bridgehead atoms. The molecule has 0 radical (unpaired) electrons. The molecule has 0 amide bonds. The van der Waals surface area contributed by atoms with E-state index in [4.69, 9.17) is 5.73 Å². The van der Waals surface area contributed by atoms with E-state index in [0.717, 1.165) is 5.75 Å². The summed E-state index contributed by atoms with van der Waals surface area (Å²) in [5.74, 6) is 1.41. The predicted molar refractivity (Wildman–Crippen MR) is 77.5 cm³/mol. The van der Waals surface area contributed by atoms with Crippen molar-refractivity contribution < 1.29 is 4.92 Å². The molecule has 0 aliphatic carbocycles. The van der Waals surface area contributed by atoms with E-state index >= 15 is 0 Å². The number of anilines is 1. The van der Waals surface area contributed by atoms with Gasteiger partial charge in [-0.3, -0.25) is 10.1 Å². The highest BCUT2D eigenvalue weighted by Gasteiger charge is 2.17. The molecule has 1 heterocycles. The minimum Gasteiger partial charge on any atom is -0.380 e. The summed E-state index contributed by atoms with van der Waals surface area (Å²) in [4.78, 5) is 14.9. The van der Waals surface area contributed by atoms with Crippen molar-refractivity contribution in [2.24, 2.45) is 0 Å². The Balaban J connectivity index is 2.54. The number of aromatic nitrogens is 3. The van der Waals surface area contributed by atoms with Gasteiger partial charge >= 0.3 is 0 Å². The Morgan fingerprint density at radius 1 is 1.40 bits per heavy atom. The third-order valence-electron chi connectivity index (χ3n) is 2.70. The highest BCUT2D eigenvalue weighted by Crippen LogP contribution is 2.29. The lowest BCUT2D eigenvalue weighted by atomic mass is 10.1. The van der Waals surface area contributed by atoms with Crippen LogP contribution >= 0.6 is 11.8 Å². The van der Waals surface area contributed by atoms with Gasteiger partial charge in [0.2, 0.25) is 0 Å². The monoisotopic (exact) mass is 291 g/mol. The third kappa shape index (κ3) is 2.69. The molecule has 0 saturated heterocycles. The van der Waals surface area contributed by atoms with Gasteiger partial charge in [0.15, 0.2) is 11.6 Å². The van der Waals surface area contributed by atoms with Gasteiger partial charge in [-0.1, -0.05) is 19.1 Å². The van der Waals surface area contributed by atoms with Gasteiger partial charge in [-0.2, -0.15) is 0 Å². The standard InChI is InChI=1S/C12H13N5O2S/c1-3-20-12-10(13)15-16-11(14-12)8-5-4-6-9(7(8)2)17(18)19/h4-6H,3H2,1-2H3,(H2,13,15). The van der Waals surface area contributed by atoms with Gasteiger partial charge in [-0.05, 0) is 12.7 Å². The van der Waals surface area contributed by atoms with Crippen LogP contribution in [0.25, 0.3) is 11.4 Å². The van der Waals surface area contributed by atoms with E-state index in [9.17, 15) is 10.1 Å². The van der Waals surface area contributed by atoms with Crippen molar-refractivity contribution in [1.82, 2.24) is 15.2 Å². The Hall–Kier alpha value is -2.22. The molecule has 0 unspecified atom stereocenters. The Morgan fingerprint density at radius 3 is 2.80 bits per heavy atom. The normalized spacial score (nSPS) is 10.5. The van der Waals surface area contributed by atoms with E-state index in [1.165, 1.54) is 17.8 Å². The maximum Gasteiger partial charge on any atom is 0.273 e. The summed E-state index contributed by atoms with van der Waals surface area (Å²) in [6.07, 6.45) is 0. The zero-order chi connectivity index (χ0) is 14.7. The van der Waals surface area contributed by atoms with E-state index in [1.54, 1.807) is 19.1 Å². The SMILES string of the molecule is CCSc1nc(-c2cccc([N+](=O)[O-])c2C)nnc1N. The quantitative estimate of drug-likeness (QED) is 0.523. The topological polar surface area (TPSA) is 108 Å². The van der Waals surface area contributed by atoms with Crippen LogP contribution in [0, 0.1) is 17.0 Å². The molecule has 8 heteroatoms. The van der Waals surface area contributed by atoms with Crippen LogP contribution < -0.4 is 5.73 Å². The number of nitro benzene ring substituents is 1. The van der Waals surface area contributed by atoms with Crippen molar-refractivity contribution in [3.63, 3.8) is 0 Å². The average molecular weight is 291 g/mol. The number of hydrogen-bond acceptors (Lipinski definition) is 7. The Kier molecular flexibility index (Phi) is 4.14. The second kappa shape index (κ2) is 5.83. The Bertz CT molecular complexity index is 662. The molecule has 0 aliphatic rings. The lowest BCUT2D eigenvalue weighted by Gasteiger charge is -2.07. The van der Waals surface area contributed by atoms with E-state index in [1.807, 2.05) is 6.92 Å². The minimum atomic E-state index is -0.425. The Labute approximate surface area is 119 Å². The fraction of sp³-hybridized carbons (Fsp3) is 0.250. The molecule has 1 aromatic carbocycles. The molecule has 2 rings (SSSR count). The van der Waals surface area contributed by atoms with Crippen molar-refractivity contribution in [2.45, 2.75) is 18.9 Å². The second-order valence-corrected chi connectivity index (χ2v) is 5.22. The number of nitro groups is 1. The van der Waals surface area contributed by atoms with Gasteiger partial charge in [0.05, 0.1) is 4.92 Å². The molecule has 1 aromatic heterocycles. The first kappa shape index (κ1) is 14.2. The first-order chi connectivity index (χ1) is 9.54. The van der Waals surface area contributed by atoms with Crippen LogP contribution in [-0.4, -0.2) is 25.9 Å². The van der Waals surface area contributed by atoms with Crippen molar-refractivity contribution >= 4 is 23.3 Å². The first-order valence-corrected chi connectivity index (χ1v) is 6.90. The summed E-state index contributed by atoms with van der Waals surface area (Å²) in [5.41, 5.74) is 6.84. The second-order valence-electron chi connectivity index (χ2n) is 3.97. The van der Waals surface area contributed by atoms with E-state index in [0.29, 0.717) is 22.0 Å². The molecule has 0 spiro atoms. The summed E-state index contributed by atoms with van der Waals surface area (Å²) < 4.78 is 0. The summed E-state index contributed by atoms with van der Waals surface area (Å²) in [7, 11) is 0. The molecule has 20 heavy (non-hydrogen) atoms. The zero-order valence-corrected chi connectivity index (χ0v) is 11.8. The van der Waals surface area contributed by atoms with Gasteiger partial charge in [0.1, 0.15) is 5.03 Å². The van der Waals surface area contributed by atoms with E-state index in [2.05, 4.69) is 15.2 Å². The third-order valence-corrected chi connectivity index (χ3v) is 3.57. The van der Waals surface area contributed by atoms with Crippen LogP contribution in [0.15, 0.2) is 23.2 Å². The number of nitrogens with two attached hydrogens (primary N) is 1. The maximum atomic E-state index is 11.0. The molecule has 2 N–H and O–H groups in total. The summed E-state index contributed by atoms with van der Waals surface area (Å²) in [5, 5.41) is 19.3. The van der Waals surface area contributed by atoms with Crippen LogP contribution in [0.1, 0.15) is 12.5 Å². The molecule has 2 aromatic rings. The Morgan fingerprint density at radius 2 is 2.15 bits per heavy atom.